The van der Waals surface area contributed by atoms with Crippen molar-refractivity contribution in [2.75, 3.05) is 5.88 Å². The van der Waals surface area contributed by atoms with Gasteiger partial charge in [-0.2, -0.15) is 0 Å². The molecule has 3 rings (SSSR count). The third-order valence-electron chi connectivity index (χ3n) is 3.02. The Balaban J connectivity index is 2.15. The fraction of sp³-hybridized carbons (Fsp3) is 0.0667. The largest absolute Gasteiger partial charge is 0.367 e. The monoisotopic (exact) mass is 271 g/mol. The Morgan fingerprint density at radius 1 is 1.16 bits per heavy atom. The molecule has 94 valence electrons. The zero-order valence-corrected chi connectivity index (χ0v) is 10.7. The van der Waals surface area contributed by atoms with Crippen molar-refractivity contribution in [1.29, 1.82) is 0 Å². The van der Waals surface area contributed by atoms with Crippen LogP contribution in [0.1, 0.15) is 5.56 Å². The molecule has 2 aromatic rings. The highest BCUT2D eigenvalue weighted by molar-refractivity contribution is 6.38. The van der Waals surface area contributed by atoms with Crippen molar-refractivity contribution in [3.63, 3.8) is 0 Å². The van der Waals surface area contributed by atoms with Gasteiger partial charge in [0.2, 0.25) is 0 Å². The molecule has 0 saturated heterocycles. The summed E-state index contributed by atoms with van der Waals surface area (Å²) in [5.41, 5.74) is 1.84. The second-order valence-corrected chi connectivity index (χ2v) is 4.44. The summed E-state index contributed by atoms with van der Waals surface area (Å²) in [4.78, 5) is 16.3. The average molecular weight is 272 g/mol. The van der Waals surface area contributed by atoms with Crippen molar-refractivity contribution in [2.24, 2.45) is 5.16 Å². The van der Waals surface area contributed by atoms with Crippen LogP contribution in [0, 0.1) is 0 Å². The van der Waals surface area contributed by atoms with Gasteiger partial charge in [-0.3, -0.25) is 0 Å². The lowest BCUT2D eigenvalue weighted by Gasteiger charge is -2.02. The summed E-state index contributed by atoms with van der Waals surface area (Å²) < 4.78 is 0. The predicted octanol–water partition coefficient (Wildman–Crippen LogP) is 3.37. The number of oxime groups is 1. The van der Waals surface area contributed by atoms with Gasteiger partial charge >= 0.3 is 5.97 Å². The molecule has 3 nitrogen and oxygen atoms in total. The van der Waals surface area contributed by atoms with Gasteiger partial charge < -0.3 is 4.84 Å². The highest BCUT2D eigenvalue weighted by Gasteiger charge is 2.24. The SMILES string of the molecule is O=C1ON=C(CCl)/C1=C\c1cccc2ccccc12. The Kier molecular flexibility index (Phi) is 3.05. The summed E-state index contributed by atoms with van der Waals surface area (Å²) >= 11 is 5.75. The number of carbonyl (C=O) groups is 1. The molecule has 0 bridgehead atoms. The molecule has 1 aliphatic rings. The van der Waals surface area contributed by atoms with Gasteiger partial charge in [0.1, 0.15) is 5.71 Å². The first kappa shape index (κ1) is 11.9. The summed E-state index contributed by atoms with van der Waals surface area (Å²) in [7, 11) is 0. The molecule has 0 saturated carbocycles. The van der Waals surface area contributed by atoms with Gasteiger partial charge in [-0.1, -0.05) is 47.6 Å². The van der Waals surface area contributed by atoms with Crippen molar-refractivity contribution < 1.29 is 9.63 Å². The first-order chi connectivity index (χ1) is 9.29. The number of halogens is 1. The molecule has 0 fully saturated rings. The number of benzene rings is 2. The van der Waals surface area contributed by atoms with Crippen molar-refractivity contribution in [3.8, 4) is 0 Å². The molecule has 1 aliphatic heterocycles. The van der Waals surface area contributed by atoms with E-state index in [2.05, 4.69) is 9.99 Å². The Hall–Kier alpha value is -2.13. The Labute approximate surface area is 115 Å². The first-order valence-corrected chi connectivity index (χ1v) is 6.37. The van der Waals surface area contributed by atoms with E-state index in [0.717, 1.165) is 16.3 Å². The zero-order chi connectivity index (χ0) is 13.2. The first-order valence-electron chi connectivity index (χ1n) is 5.83. The van der Waals surface area contributed by atoms with E-state index in [1.165, 1.54) is 0 Å². The number of fused-ring (bicyclic) bond motifs is 1. The van der Waals surface area contributed by atoms with E-state index in [0.29, 0.717) is 11.3 Å². The Morgan fingerprint density at radius 3 is 2.79 bits per heavy atom. The maximum atomic E-state index is 11.6. The van der Waals surface area contributed by atoms with Crippen LogP contribution in [-0.2, 0) is 9.63 Å². The van der Waals surface area contributed by atoms with E-state index in [1.807, 2.05) is 42.5 Å². The molecule has 0 aliphatic carbocycles. The lowest BCUT2D eigenvalue weighted by atomic mass is 10.0. The minimum absolute atomic E-state index is 0.155. The fourth-order valence-corrected chi connectivity index (χ4v) is 2.28. The minimum Gasteiger partial charge on any atom is -0.312 e. The molecule has 1 heterocycles. The molecule has 0 atom stereocenters. The normalized spacial score (nSPS) is 16.8. The number of hydrogen-bond acceptors (Lipinski definition) is 3. The van der Waals surface area contributed by atoms with Gasteiger partial charge in [-0.05, 0) is 22.4 Å². The summed E-state index contributed by atoms with van der Waals surface area (Å²) in [6.07, 6.45) is 1.78. The molecule has 0 amide bonds. The quantitative estimate of drug-likeness (QED) is 0.477. The molecular formula is C15H10ClNO2. The summed E-state index contributed by atoms with van der Waals surface area (Å²) in [5, 5.41) is 5.85. The van der Waals surface area contributed by atoms with E-state index in [4.69, 9.17) is 11.6 Å². The van der Waals surface area contributed by atoms with Crippen molar-refractivity contribution >= 4 is 40.1 Å². The molecule has 0 aromatic heterocycles. The second-order valence-electron chi connectivity index (χ2n) is 4.18. The fourth-order valence-electron chi connectivity index (χ4n) is 2.08. The van der Waals surface area contributed by atoms with Gasteiger partial charge in [-0.25, -0.2) is 4.79 Å². The van der Waals surface area contributed by atoms with Crippen LogP contribution in [-0.4, -0.2) is 17.6 Å². The molecule has 0 spiro atoms. The molecule has 0 unspecified atom stereocenters. The smallest absolute Gasteiger partial charge is 0.312 e. The molecule has 0 radical (unpaired) electrons. The second kappa shape index (κ2) is 4.86. The van der Waals surface area contributed by atoms with Crippen molar-refractivity contribution in [3.05, 3.63) is 53.6 Å². The number of nitrogens with zero attached hydrogens (tertiary/aromatic N) is 1. The number of rotatable bonds is 2. The van der Waals surface area contributed by atoms with Gasteiger partial charge in [0.15, 0.2) is 0 Å². The van der Waals surface area contributed by atoms with Crippen LogP contribution in [0.2, 0.25) is 0 Å². The molecule has 4 heteroatoms. The highest BCUT2D eigenvalue weighted by Crippen LogP contribution is 2.23. The minimum atomic E-state index is -0.455. The topological polar surface area (TPSA) is 38.7 Å². The number of hydrogen-bond donors (Lipinski definition) is 0. The van der Waals surface area contributed by atoms with Crippen LogP contribution in [0.4, 0.5) is 0 Å². The summed E-state index contributed by atoms with van der Waals surface area (Å²) in [5.74, 6) is -0.300. The van der Waals surface area contributed by atoms with Gasteiger partial charge in [0.05, 0.1) is 11.5 Å². The third kappa shape index (κ3) is 2.13. The standard InChI is InChI=1S/C15H10ClNO2/c16-9-14-13(15(18)19-17-14)8-11-6-3-5-10-4-1-2-7-12(10)11/h1-8H,9H2/b13-8+. The average Bonchev–Trinajstić information content (AvgIpc) is 2.80. The van der Waals surface area contributed by atoms with Crippen LogP contribution >= 0.6 is 11.6 Å². The van der Waals surface area contributed by atoms with E-state index in [1.54, 1.807) is 6.08 Å². The summed E-state index contributed by atoms with van der Waals surface area (Å²) in [6, 6.07) is 13.9. The predicted molar refractivity (Wildman–Crippen MR) is 76.2 cm³/mol. The maximum Gasteiger partial charge on any atom is 0.367 e. The van der Waals surface area contributed by atoms with E-state index >= 15 is 0 Å². The van der Waals surface area contributed by atoms with Crippen LogP contribution in [0.15, 0.2) is 53.2 Å². The van der Waals surface area contributed by atoms with Crippen molar-refractivity contribution in [2.45, 2.75) is 0 Å². The molecule has 0 N–H and O–H groups in total. The maximum absolute atomic E-state index is 11.6. The molecule has 2 aromatic carbocycles. The summed E-state index contributed by atoms with van der Waals surface area (Å²) in [6.45, 7) is 0. The lowest BCUT2D eigenvalue weighted by molar-refractivity contribution is -0.136. The number of alkyl halides is 1. The van der Waals surface area contributed by atoms with Gasteiger partial charge in [-0.15, -0.1) is 11.6 Å². The van der Waals surface area contributed by atoms with Crippen LogP contribution in [0.25, 0.3) is 16.8 Å². The van der Waals surface area contributed by atoms with Crippen molar-refractivity contribution in [1.82, 2.24) is 0 Å². The van der Waals surface area contributed by atoms with Crippen LogP contribution < -0.4 is 0 Å². The Bertz CT molecular complexity index is 714. The lowest BCUT2D eigenvalue weighted by Crippen LogP contribution is -2.06. The molecule has 19 heavy (non-hydrogen) atoms. The number of carbonyl (C=O) groups excluding carboxylic acids is 1. The van der Waals surface area contributed by atoms with E-state index < -0.39 is 5.97 Å². The van der Waals surface area contributed by atoms with Crippen LogP contribution in [0.5, 0.6) is 0 Å². The Morgan fingerprint density at radius 2 is 1.95 bits per heavy atom. The zero-order valence-electron chi connectivity index (χ0n) is 9.97. The highest BCUT2D eigenvalue weighted by atomic mass is 35.5. The third-order valence-corrected chi connectivity index (χ3v) is 3.27. The van der Waals surface area contributed by atoms with Gasteiger partial charge in [0, 0.05) is 0 Å². The van der Waals surface area contributed by atoms with E-state index in [9.17, 15) is 4.79 Å². The van der Waals surface area contributed by atoms with Gasteiger partial charge in [0.25, 0.3) is 0 Å². The van der Waals surface area contributed by atoms with Crippen LogP contribution in [0.3, 0.4) is 0 Å². The van der Waals surface area contributed by atoms with E-state index in [-0.39, 0.29) is 5.88 Å². The molecular weight excluding hydrogens is 262 g/mol.